The molecular weight excluding hydrogens is 240 g/mol. The van der Waals surface area contributed by atoms with Gasteiger partial charge in [0.2, 0.25) is 11.8 Å². The first kappa shape index (κ1) is 15.6. The largest absolute Gasteiger partial charge is 0.368 e. The lowest BCUT2D eigenvalue weighted by atomic mass is 9.68. The van der Waals surface area contributed by atoms with Gasteiger partial charge in [-0.3, -0.25) is 9.59 Å². The van der Waals surface area contributed by atoms with E-state index >= 15 is 0 Å². The quantitative estimate of drug-likeness (QED) is 0.754. The number of rotatable bonds is 4. The van der Waals surface area contributed by atoms with Crippen molar-refractivity contribution in [2.75, 3.05) is 0 Å². The molecule has 106 valence electrons. The van der Waals surface area contributed by atoms with Gasteiger partial charge in [-0.05, 0) is 30.6 Å². The van der Waals surface area contributed by atoms with Crippen molar-refractivity contribution in [2.24, 2.45) is 23.0 Å². The van der Waals surface area contributed by atoms with Gasteiger partial charge >= 0.3 is 0 Å². The molecule has 0 aromatic carbocycles. The van der Waals surface area contributed by atoms with E-state index in [4.69, 9.17) is 12.2 Å². The number of amides is 2. The fraction of sp³-hybridized carbons (Fsp3) is 0.733. The second-order valence-electron chi connectivity index (χ2n) is 6.48. The summed E-state index contributed by atoms with van der Waals surface area (Å²) in [5, 5.41) is 2.69. The summed E-state index contributed by atoms with van der Waals surface area (Å²) >= 11 is 0. The molecule has 4 nitrogen and oxygen atoms in total. The van der Waals surface area contributed by atoms with E-state index in [1.165, 1.54) is 0 Å². The van der Waals surface area contributed by atoms with Crippen molar-refractivity contribution in [3.8, 4) is 12.3 Å². The lowest BCUT2D eigenvalue weighted by molar-refractivity contribution is -0.132. The van der Waals surface area contributed by atoms with E-state index in [9.17, 15) is 9.59 Å². The molecule has 0 heterocycles. The van der Waals surface area contributed by atoms with Crippen LogP contribution in [-0.2, 0) is 9.59 Å². The Labute approximate surface area is 115 Å². The van der Waals surface area contributed by atoms with E-state index in [2.05, 4.69) is 32.0 Å². The fourth-order valence-electron chi connectivity index (χ4n) is 3.18. The summed E-state index contributed by atoms with van der Waals surface area (Å²) in [7, 11) is 0. The Hall–Kier alpha value is -1.50. The van der Waals surface area contributed by atoms with Crippen LogP contribution in [0.1, 0.15) is 46.5 Å². The third-order valence-corrected chi connectivity index (χ3v) is 3.74. The predicted octanol–water partition coefficient (Wildman–Crippen LogP) is 1.44. The van der Waals surface area contributed by atoms with Crippen LogP contribution in [-0.4, -0.2) is 17.9 Å². The number of nitrogens with one attached hydrogen (secondary N) is 1. The monoisotopic (exact) mass is 264 g/mol. The number of nitrogens with two attached hydrogens (primary N) is 1. The van der Waals surface area contributed by atoms with Gasteiger partial charge in [0.1, 0.15) is 6.04 Å². The van der Waals surface area contributed by atoms with Crippen LogP contribution in [0.2, 0.25) is 0 Å². The van der Waals surface area contributed by atoms with Crippen LogP contribution in [0.5, 0.6) is 0 Å². The standard InChI is InChI=1S/C15H24N2O2/c1-5-6-12(13(16)18)17-14(19)11-7-10(2)8-15(3,4)9-11/h1,10-12H,6-9H2,2-4H3,(H2,16,18)(H,17,19)/t10-,11-,12+/m1/s1. The first-order valence-corrected chi connectivity index (χ1v) is 6.78. The van der Waals surface area contributed by atoms with Crippen LogP contribution in [0, 0.1) is 29.6 Å². The van der Waals surface area contributed by atoms with Gasteiger partial charge in [0, 0.05) is 12.3 Å². The van der Waals surface area contributed by atoms with E-state index < -0.39 is 11.9 Å². The molecule has 0 unspecified atom stereocenters. The highest BCUT2D eigenvalue weighted by molar-refractivity contribution is 5.87. The van der Waals surface area contributed by atoms with E-state index in [0.717, 1.165) is 19.3 Å². The van der Waals surface area contributed by atoms with E-state index in [0.29, 0.717) is 5.92 Å². The first-order chi connectivity index (χ1) is 8.75. The second-order valence-corrected chi connectivity index (χ2v) is 6.48. The molecule has 0 aromatic rings. The van der Waals surface area contributed by atoms with Crippen molar-refractivity contribution in [1.82, 2.24) is 5.32 Å². The Balaban J connectivity index is 2.67. The van der Waals surface area contributed by atoms with Gasteiger partial charge < -0.3 is 11.1 Å². The van der Waals surface area contributed by atoms with Gasteiger partial charge in [-0.15, -0.1) is 12.3 Å². The maximum absolute atomic E-state index is 12.2. The Bertz CT molecular complexity index is 395. The fourth-order valence-corrected chi connectivity index (χ4v) is 3.18. The summed E-state index contributed by atoms with van der Waals surface area (Å²) in [6.07, 6.45) is 8.14. The van der Waals surface area contributed by atoms with Gasteiger partial charge in [0.15, 0.2) is 0 Å². The minimum absolute atomic E-state index is 0.0571. The number of terminal acetylenes is 1. The van der Waals surface area contributed by atoms with Crippen molar-refractivity contribution in [3.63, 3.8) is 0 Å². The third kappa shape index (κ3) is 4.59. The Morgan fingerprint density at radius 1 is 1.47 bits per heavy atom. The molecule has 2 amide bonds. The zero-order chi connectivity index (χ0) is 14.6. The molecule has 1 aliphatic rings. The van der Waals surface area contributed by atoms with E-state index in [1.54, 1.807) is 0 Å². The minimum atomic E-state index is -0.752. The number of hydrogen-bond donors (Lipinski definition) is 2. The van der Waals surface area contributed by atoms with Crippen molar-refractivity contribution in [1.29, 1.82) is 0 Å². The summed E-state index contributed by atoms with van der Waals surface area (Å²) < 4.78 is 0. The molecule has 0 aliphatic heterocycles. The Morgan fingerprint density at radius 2 is 2.11 bits per heavy atom. The SMILES string of the molecule is C#CC[C@H](NC(=O)[C@@H]1C[C@@H](C)CC(C)(C)C1)C(N)=O. The minimum Gasteiger partial charge on any atom is -0.368 e. The maximum Gasteiger partial charge on any atom is 0.240 e. The molecule has 3 N–H and O–H groups in total. The van der Waals surface area contributed by atoms with Gasteiger partial charge in [-0.1, -0.05) is 20.8 Å². The molecular formula is C15H24N2O2. The third-order valence-electron chi connectivity index (χ3n) is 3.74. The molecule has 0 aromatic heterocycles. The highest BCUT2D eigenvalue weighted by atomic mass is 16.2. The average Bonchev–Trinajstić information content (AvgIpc) is 2.25. The van der Waals surface area contributed by atoms with Crippen LogP contribution < -0.4 is 11.1 Å². The van der Waals surface area contributed by atoms with Crippen molar-refractivity contribution in [2.45, 2.75) is 52.5 Å². The van der Waals surface area contributed by atoms with Gasteiger partial charge in [0.25, 0.3) is 0 Å². The zero-order valence-corrected chi connectivity index (χ0v) is 12.0. The second kappa shape index (κ2) is 6.10. The molecule has 1 rings (SSSR count). The van der Waals surface area contributed by atoms with Crippen molar-refractivity contribution in [3.05, 3.63) is 0 Å². The van der Waals surface area contributed by atoms with Gasteiger partial charge in [0.05, 0.1) is 0 Å². The Kier molecular flexibility index (Phi) is 4.99. The number of carbonyl (C=O) groups is 2. The molecule has 19 heavy (non-hydrogen) atoms. The smallest absolute Gasteiger partial charge is 0.240 e. The number of carbonyl (C=O) groups excluding carboxylic acids is 2. The van der Waals surface area contributed by atoms with Crippen LogP contribution in [0.3, 0.4) is 0 Å². The van der Waals surface area contributed by atoms with Crippen LogP contribution >= 0.6 is 0 Å². The molecule has 0 spiro atoms. The molecule has 1 saturated carbocycles. The first-order valence-electron chi connectivity index (χ1n) is 6.78. The molecule has 1 aliphatic carbocycles. The lowest BCUT2D eigenvalue weighted by Gasteiger charge is -2.38. The topological polar surface area (TPSA) is 72.2 Å². The lowest BCUT2D eigenvalue weighted by Crippen LogP contribution is -2.48. The molecule has 1 fully saturated rings. The molecule has 0 bridgehead atoms. The van der Waals surface area contributed by atoms with Crippen LogP contribution in [0.4, 0.5) is 0 Å². The molecule has 0 radical (unpaired) electrons. The number of primary amides is 1. The Morgan fingerprint density at radius 3 is 2.58 bits per heavy atom. The predicted molar refractivity (Wildman–Crippen MR) is 74.9 cm³/mol. The van der Waals surface area contributed by atoms with Gasteiger partial charge in [-0.25, -0.2) is 0 Å². The summed E-state index contributed by atoms with van der Waals surface area (Å²) in [6.45, 7) is 6.51. The summed E-state index contributed by atoms with van der Waals surface area (Å²) in [5.41, 5.74) is 5.39. The van der Waals surface area contributed by atoms with E-state index in [-0.39, 0.29) is 23.7 Å². The molecule has 0 saturated heterocycles. The molecule has 3 atom stereocenters. The van der Waals surface area contributed by atoms with E-state index in [1.807, 2.05) is 0 Å². The summed E-state index contributed by atoms with van der Waals surface area (Å²) in [4.78, 5) is 23.4. The van der Waals surface area contributed by atoms with Crippen molar-refractivity contribution >= 4 is 11.8 Å². The average molecular weight is 264 g/mol. The van der Waals surface area contributed by atoms with Crippen molar-refractivity contribution < 1.29 is 9.59 Å². The highest BCUT2D eigenvalue weighted by Gasteiger charge is 2.36. The van der Waals surface area contributed by atoms with Gasteiger partial charge in [-0.2, -0.15) is 0 Å². The maximum atomic E-state index is 12.2. The number of hydrogen-bond acceptors (Lipinski definition) is 2. The highest BCUT2D eigenvalue weighted by Crippen LogP contribution is 2.41. The normalized spacial score (nSPS) is 27.1. The molecule has 4 heteroatoms. The zero-order valence-electron chi connectivity index (χ0n) is 12.0. The summed E-state index contributed by atoms with van der Waals surface area (Å²) in [5.74, 6) is 2.15. The summed E-state index contributed by atoms with van der Waals surface area (Å²) in [6, 6.07) is -0.752. The van der Waals surface area contributed by atoms with Crippen LogP contribution in [0.15, 0.2) is 0 Å². The van der Waals surface area contributed by atoms with Crippen LogP contribution in [0.25, 0.3) is 0 Å².